The molecule has 0 unspecified atom stereocenters. The van der Waals surface area contributed by atoms with Crippen molar-refractivity contribution < 1.29 is 4.92 Å². The van der Waals surface area contributed by atoms with E-state index in [-0.39, 0.29) is 10.6 Å². The van der Waals surface area contributed by atoms with Crippen LogP contribution in [0.2, 0.25) is 0 Å². The maximum absolute atomic E-state index is 11.2. The number of nitrogens with one attached hydrogen (secondary N) is 1. The zero-order valence-electron chi connectivity index (χ0n) is 12.2. The second-order valence-corrected chi connectivity index (χ2v) is 5.13. The average molecular weight is 298 g/mol. The van der Waals surface area contributed by atoms with Crippen LogP contribution < -0.4 is 15.3 Å². The second kappa shape index (κ2) is 6.44. The lowest BCUT2D eigenvalue weighted by molar-refractivity contribution is -0.384. The third-order valence-corrected chi connectivity index (χ3v) is 3.77. The van der Waals surface area contributed by atoms with Crippen LogP contribution in [0.3, 0.4) is 0 Å². The van der Waals surface area contributed by atoms with Gasteiger partial charge in [-0.25, -0.2) is 5.43 Å². The molecule has 0 spiro atoms. The van der Waals surface area contributed by atoms with E-state index in [1.807, 2.05) is 29.3 Å². The number of anilines is 2. The summed E-state index contributed by atoms with van der Waals surface area (Å²) in [5.74, 6) is 0. The van der Waals surface area contributed by atoms with Gasteiger partial charge in [0.15, 0.2) is 0 Å². The molecule has 0 atom stereocenters. The molecule has 1 N–H and O–H groups in total. The average Bonchev–Trinajstić information content (AvgIpc) is 2.81. The molecule has 0 aliphatic carbocycles. The van der Waals surface area contributed by atoms with E-state index in [1.54, 1.807) is 12.1 Å². The molecule has 2 aromatic rings. The Kier molecular flexibility index (Phi) is 4.20. The molecule has 0 saturated carbocycles. The molecule has 114 valence electrons. The Labute approximate surface area is 129 Å². The number of para-hydroxylation sites is 3. The fraction of sp³-hybridized carbons (Fsp3) is 0.250. The Morgan fingerprint density at radius 2 is 1.68 bits per heavy atom. The van der Waals surface area contributed by atoms with Crippen molar-refractivity contribution in [3.05, 3.63) is 64.7 Å². The number of benzene rings is 2. The molecule has 0 radical (unpaired) electrons. The monoisotopic (exact) mass is 298 g/mol. The molecular formula is C16H18N4O2. The summed E-state index contributed by atoms with van der Waals surface area (Å²) in [5, 5.41) is 13.1. The zero-order valence-corrected chi connectivity index (χ0v) is 12.2. The molecule has 1 saturated heterocycles. The van der Waals surface area contributed by atoms with Crippen LogP contribution in [0.5, 0.6) is 0 Å². The molecular weight excluding hydrogens is 280 g/mol. The van der Waals surface area contributed by atoms with Crippen molar-refractivity contribution in [2.45, 2.75) is 0 Å². The number of hydrazine groups is 1. The highest BCUT2D eigenvalue weighted by atomic mass is 16.6. The Bertz CT molecular complexity index is 648. The van der Waals surface area contributed by atoms with Gasteiger partial charge in [0, 0.05) is 31.4 Å². The van der Waals surface area contributed by atoms with Crippen LogP contribution in [0.4, 0.5) is 17.1 Å². The fourth-order valence-electron chi connectivity index (χ4n) is 2.68. The van der Waals surface area contributed by atoms with Gasteiger partial charge >= 0.3 is 0 Å². The number of rotatable bonds is 3. The van der Waals surface area contributed by atoms with Crippen molar-refractivity contribution in [3.63, 3.8) is 0 Å². The number of nitro benzene ring substituents is 1. The predicted molar refractivity (Wildman–Crippen MR) is 87.1 cm³/mol. The van der Waals surface area contributed by atoms with Crippen molar-refractivity contribution in [2.75, 3.05) is 36.1 Å². The van der Waals surface area contributed by atoms with Crippen LogP contribution in [0.1, 0.15) is 0 Å². The van der Waals surface area contributed by atoms with E-state index in [2.05, 4.69) is 22.5 Å². The molecule has 1 heterocycles. The molecule has 3 rings (SSSR count). The first-order valence-electron chi connectivity index (χ1n) is 7.30. The van der Waals surface area contributed by atoms with Gasteiger partial charge < -0.3 is 9.91 Å². The molecule has 0 amide bonds. The molecule has 22 heavy (non-hydrogen) atoms. The number of nitrogens with zero attached hydrogens (tertiary/aromatic N) is 3. The van der Waals surface area contributed by atoms with E-state index in [1.165, 1.54) is 11.8 Å². The molecule has 6 nitrogen and oxygen atoms in total. The molecule has 1 fully saturated rings. The summed E-state index contributed by atoms with van der Waals surface area (Å²) in [6.07, 6.45) is 0. The number of nitro groups is 1. The third-order valence-electron chi connectivity index (χ3n) is 3.77. The predicted octanol–water partition coefficient (Wildman–Crippen LogP) is 2.43. The van der Waals surface area contributed by atoms with Gasteiger partial charge in [0.2, 0.25) is 0 Å². The first-order valence-corrected chi connectivity index (χ1v) is 7.30. The Hall–Kier alpha value is -2.60. The highest BCUT2D eigenvalue weighted by Gasteiger charge is 2.21. The van der Waals surface area contributed by atoms with Gasteiger partial charge in [-0.3, -0.25) is 10.1 Å². The molecule has 2 aromatic carbocycles. The lowest BCUT2D eigenvalue weighted by atomic mass is 10.2. The normalized spacial score (nSPS) is 15.5. The highest BCUT2D eigenvalue weighted by molar-refractivity contribution is 5.62. The first kappa shape index (κ1) is 14.3. The quantitative estimate of drug-likeness (QED) is 0.696. The van der Waals surface area contributed by atoms with Crippen LogP contribution in [-0.4, -0.2) is 31.1 Å². The van der Waals surface area contributed by atoms with Gasteiger partial charge in [-0.1, -0.05) is 30.3 Å². The van der Waals surface area contributed by atoms with E-state index in [0.29, 0.717) is 12.2 Å². The summed E-state index contributed by atoms with van der Waals surface area (Å²) < 4.78 is 0. The molecule has 0 bridgehead atoms. The van der Waals surface area contributed by atoms with Crippen LogP contribution in [-0.2, 0) is 0 Å². The van der Waals surface area contributed by atoms with Crippen LogP contribution in [0.25, 0.3) is 0 Å². The van der Waals surface area contributed by atoms with Crippen molar-refractivity contribution in [1.82, 2.24) is 5.43 Å². The lowest BCUT2D eigenvalue weighted by Crippen LogP contribution is -2.39. The van der Waals surface area contributed by atoms with E-state index in [9.17, 15) is 10.1 Å². The lowest BCUT2D eigenvalue weighted by Gasteiger charge is -2.24. The highest BCUT2D eigenvalue weighted by Crippen LogP contribution is 2.27. The molecule has 1 aliphatic heterocycles. The van der Waals surface area contributed by atoms with Gasteiger partial charge in [0.05, 0.1) is 11.5 Å². The van der Waals surface area contributed by atoms with Crippen molar-refractivity contribution in [1.29, 1.82) is 0 Å². The number of hydrogen-bond acceptors (Lipinski definition) is 5. The minimum atomic E-state index is -0.336. The van der Waals surface area contributed by atoms with Crippen LogP contribution in [0.15, 0.2) is 54.6 Å². The van der Waals surface area contributed by atoms with Crippen LogP contribution >= 0.6 is 0 Å². The summed E-state index contributed by atoms with van der Waals surface area (Å²) >= 11 is 0. The number of hydrogen-bond donors (Lipinski definition) is 1. The van der Waals surface area contributed by atoms with E-state index >= 15 is 0 Å². The smallest absolute Gasteiger partial charge is 0.293 e. The van der Waals surface area contributed by atoms with Gasteiger partial charge in [-0.15, -0.1) is 0 Å². The van der Waals surface area contributed by atoms with Crippen molar-refractivity contribution >= 4 is 17.1 Å². The summed E-state index contributed by atoms with van der Waals surface area (Å²) in [7, 11) is 0. The standard InChI is InChI=1S/C16H18N4O2/c21-20(22)16-9-5-4-8-15(16)19-13-12-18(11-10-17-19)14-6-2-1-3-7-14/h1-9,17H,10-13H2. The summed E-state index contributed by atoms with van der Waals surface area (Å²) in [6, 6.07) is 17.0. The van der Waals surface area contributed by atoms with Gasteiger partial charge in [0.25, 0.3) is 5.69 Å². The van der Waals surface area contributed by atoms with E-state index in [4.69, 9.17) is 0 Å². The van der Waals surface area contributed by atoms with Gasteiger partial charge in [-0.05, 0) is 18.2 Å². The minimum Gasteiger partial charge on any atom is -0.368 e. The largest absolute Gasteiger partial charge is 0.368 e. The topological polar surface area (TPSA) is 61.7 Å². The summed E-state index contributed by atoms with van der Waals surface area (Å²) in [4.78, 5) is 13.1. The van der Waals surface area contributed by atoms with Crippen molar-refractivity contribution in [3.8, 4) is 0 Å². The SMILES string of the molecule is O=[N+]([O-])c1ccccc1N1CCN(c2ccccc2)CCN1. The van der Waals surface area contributed by atoms with Crippen LogP contribution in [0, 0.1) is 10.1 Å². The van der Waals surface area contributed by atoms with Gasteiger partial charge in [-0.2, -0.15) is 0 Å². The Morgan fingerprint density at radius 3 is 2.45 bits per heavy atom. The van der Waals surface area contributed by atoms with Crippen molar-refractivity contribution in [2.24, 2.45) is 0 Å². The molecule has 1 aliphatic rings. The van der Waals surface area contributed by atoms with E-state index in [0.717, 1.165) is 19.6 Å². The fourth-order valence-corrected chi connectivity index (χ4v) is 2.68. The zero-order chi connectivity index (χ0) is 15.4. The first-order chi connectivity index (χ1) is 10.8. The Morgan fingerprint density at radius 1 is 0.955 bits per heavy atom. The Balaban J connectivity index is 1.77. The van der Waals surface area contributed by atoms with E-state index < -0.39 is 0 Å². The summed E-state index contributed by atoms with van der Waals surface area (Å²) in [6.45, 7) is 3.09. The maximum Gasteiger partial charge on any atom is 0.293 e. The van der Waals surface area contributed by atoms with Gasteiger partial charge in [0.1, 0.15) is 5.69 Å². The minimum absolute atomic E-state index is 0.128. The molecule has 6 heteroatoms. The maximum atomic E-state index is 11.2. The third kappa shape index (κ3) is 3.01. The molecule has 0 aromatic heterocycles. The second-order valence-electron chi connectivity index (χ2n) is 5.13. The summed E-state index contributed by atoms with van der Waals surface area (Å²) in [5.41, 5.74) is 5.20.